The second-order valence-corrected chi connectivity index (χ2v) is 10.4. The van der Waals surface area contributed by atoms with Gasteiger partial charge in [-0.3, -0.25) is 9.36 Å². The van der Waals surface area contributed by atoms with Crippen molar-refractivity contribution in [2.75, 3.05) is 13.7 Å². The zero-order valence-electron chi connectivity index (χ0n) is 22.3. The summed E-state index contributed by atoms with van der Waals surface area (Å²) in [4.78, 5) is 33.2. The second kappa shape index (κ2) is 10.5. The normalized spacial score (nSPS) is 15.2. The highest BCUT2D eigenvalue weighted by Crippen LogP contribution is 2.36. The molecule has 1 aliphatic rings. The minimum atomic E-state index is -0.754. The smallest absolute Gasteiger partial charge is 0.338 e. The number of carbonyl (C=O) groups is 1. The summed E-state index contributed by atoms with van der Waals surface area (Å²) in [5.41, 5.74) is 4.09. The molecule has 2 aromatic heterocycles. The molecule has 0 aliphatic carbocycles. The van der Waals surface area contributed by atoms with Gasteiger partial charge < -0.3 is 14.0 Å². The summed E-state index contributed by atoms with van der Waals surface area (Å²) < 4.78 is 15.2. The third kappa shape index (κ3) is 4.36. The molecule has 0 unspecified atom stereocenters. The van der Waals surface area contributed by atoms with E-state index in [4.69, 9.17) is 14.5 Å². The first-order valence-electron chi connectivity index (χ1n) is 13.0. The van der Waals surface area contributed by atoms with E-state index < -0.39 is 12.0 Å². The Bertz CT molecular complexity index is 1960. The molecule has 0 bridgehead atoms. The van der Waals surface area contributed by atoms with E-state index in [0.29, 0.717) is 26.4 Å². The molecule has 0 N–H and O–H groups in total. The Morgan fingerprint density at radius 1 is 1.05 bits per heavy atom. The zero-order chi connectivity index (χ0) is 27.8. The van der Waals surface area contributed by atoms with Crippen molar-refractivity contribution in [3.63, 3.8) is 0 Å². The van der Waals surface area contributed by atoms with Gasteiger partial charge >= 0.3 is 5.97 Å². The van der Waals surface area contributed by atoms with Gasteiger partial charge in [-0.1, -0.05) is 72.0 Å². The summed E-state index contributed by atoms with van der Waals surface area (Å²) in [6.45, 7) is 1.96. The minimum absolute atomic E-state index is 0.195. The van der Waals surface area contributed by atoms with Gasteiger partial charge in [0.05, 0.1) is 35.6 Å². The highest BCUT2D eigenvalue weighted by molar-refractivity contribution is 7.07. The molecular weight excluding hydrogens is 522 g/mol. The monoisotopic (exact) mass is 549 g/mol. The van der Waals surface area contributed by atoms with Gasteiger partial charge in [-0.25, -0.2) is 9.79 Å². The zero-order valence-corrected chi connectivity index (χ0v) is 23.1. The summed E-state index contributed by atoms with van der Waals surface area (Å²) in [5.74, 6) is 0.109. The summed E-state index contributed by atoms with van der Waals surface area (Å²) >= 11 is 1.31. The maximum absolute atomic E-state index is 14.1. The topological polar surface area (TPSA) is 74.8 Å². The Morgan fingerprint density at radius 2 is 1.82 bits per heavy atom. The van der Waals surface area contributed by atoms with Gasteiger partial charge in [0.25, 0.3) is 5.56 Å². The lowest BCUT2D eigenvalue weighted by molar-refractivity contribution is -0.138. The van der Waals surface area contributed by atoms with Crippen LogP contribution < -0.4 is 19.6 Å². The van der Waals surface area contributed by atoms with Crippen molar-refractivity contribution in [3.05, 3.63) is 127 Å². The van der Waals surface area contributed by atoms with Crippen LogP contribution >= 0.6 is 11.3 Å². The van der Waals surface area contributed by atoms with Crippen molar-refractivity contribution in [2.24, 2.45) is 12.0 Å². The van der Waals surface area contributed by atoms with Crippen molar-refractivity contribution in [1.29, 1.82) is 0 Å². The number of benzene rings is 3. The average molecular weight is 550 g/mol. The predicted molar refractivity (Wildman–Crippen MR) is 157 cm³/mol. The van der Waals surface area contributed by atoms with Crippen LogP contribution in [0.1, 0.15) is 29.7 Å². The molecule has 200 valence electrons. The number of ether oxygens (including phenoxy) is 2. The van der Waals surface area contributed by atoms with Gasteiger partial charge in [0, 0.05) is 35.3 Å². The van der Waals surface area contributed by atoms with Crippen LogP contribution in [0, 0.1) is 0 Å². The van der Waals surface area contributed by atoms with Crippen LogP contribution in [0.2, 0.25) is 0 Å². The molecule has 0 radical (unpaired) electrons. The lowest BCUT2D eigenvalue weighted by atomic mass is 9.93. The number of hydrogen-bond donors (Lipinski definition) is 0. The maximum Gasteiger partial charge on any atom is 0.338 e. The molecule has 7 nitrogen and oxygen atoms in total. The molecule has 6 rings (SSSR count). The Hall–Kier alpha value is -4.69. The number of nitrogens with zero attached hydrogens (tertiary/aromatic N) is 3. The highest BCUT2D eigenvalue weighted by Gasteiger charge is 2.35. The summed E-state index contributed by atoms with van der Waals surface area (Å²) in [6, 6.07) is 24.3. The van der Waals surface area contributed by atoms with E-state index in [-0.39, 0.29) is 12.2 Å². The van der Waals surface area contributed by atoms with E-state index in [1.54, 1.807) is 18.6 Å². The number of fused-ring (bicyclic) bond motifs is 2. The van der Waals surface area contributed by atoms with E-state index in [9.17, 15) is 9.59 Å². The van der Waals surface area contributed by atoms with Crippen LogP contribution in [0.25, 0.3) is 22.7 Å². The molecule has 8 heteroatoms. The first-order valence-corrected chi connectivity index (χ1v) is 13.8. The Kier molecular flexibility index (Phi) is 6.69. The van der Waals surface area contributed by atoms with Crippen molar-refractivity contribution in [3.8, 4) is 5.75 Å². The summed E-state index contributed by atoms with van der Waals surface area (Å²) in [6.07, 6.45) is 3.92. The second-order valence-electron chi connectivity index (χ2n) is 9.42. The predicted octanol–water partition coefficient (Wildman–Crippen LogP) is 4.44. The van der Waals surface area contributed by atoms with Crippen molar-refractivity contribution in [1.82, 2.24) is 9.13 Å². The number of hydrogen-bond acceptors (Lipinski definition) is 6. The minimum Gasteiger partial charge on any atom is -0.497 e. The van der Waals surface area contributed by atoms with Crippen LogP contribution in [-0.2, 0) is 16.6 Å². The van der Waals surface area contributed by atoms with Crippen LogP contribution in [0.3, 0.4) is 0 Å². The van der Waals surface area contributed by atoms with E-state index in [2.05, 4.69) is 6.07 Å². The largest absolute Gasteiger partial charge is 0.497 e. The quantitative estimate of drug-likeness (QED) is 0.294. The first-order chi connectivity index (χ1) is 19.5. The summed E-state index contributed by atoms with van der Waals surface area (Å²) in [5, 5.41) is 1.05. The lowest BCUT2D eigenvalue weighted by Crippen LogP contribution is -2.40. The van der Waals surface area contributed by atoms with Crippen molar-refractivity contribution < 1.29 is 14.3 Å². The molecule has 3 heterocycles. The third-order valence-electron chi connectivity index (χ3n) is 7.00. The molecular formula is C32H27N3O4S. The molecule has 0 saturated heterocycles. The number of aromatic nitrogens is 2. The highest BCUT2D eigenvalue weighted by atomic mass is 32.1. The molecule has 3 aromatic carbocycles. The van der Waals surface area contributed by atoms with Crippen molar-refractivity contribution >= 4 is 40.0 Å². The molecule has 5 aromatic rings. The fourth-order valence-corrected chi connectivity index (χ4v) is 6.19. The Balaban J connectivity index is 1.66. The fraction of sp³-hybridized carbons (Fsp3) is 0.156. The van der Waals surface area contributed by atoms with Crippen LogP contribution in [-0.4, -0.2) is 28.8 Å². The number of methoxy groups -OCH3 is 1. The van der Waals surface area contributed by atoms with Gasteiger partial charge in [-0.05, 0) is 36.8 Å². The molecule has 1 aliphatic heterocycles. The van der Waals surface area contributed by atoms with E-state index >= 15 is 0 Å². The molecule has 1 atom stereocenters. The van der Waals surface area contributed by atoms with Gasteiger partial charge in [-0.15, -0.1) is 0 Å². The van der Waals surface area contributed by atoms with E-state index in [1.807, 2.05) is 96.7 Å². The first kappa shape index (κ1) is 25.6. The fourth-order valence-electron chi connectivity index (χ4n) is 5.20. The Morgan fingerprint density at radius 3 is 2.60 bits per heavy atom. The molecule has 0 saturated carbocycles. The lowest BCUT2D eigenvalue weighted by Gasteiger charge is -2.26. The van der Waals surface area contributed by atoms with Gasteiger partial charge in [0.15, 0.2) is 4.80 Å². The standard InChI is InChI=1S/C32H27N3O4S/c1-4-39-31(37)27-28(20-11-6-5-7-12-20)33-32-35(29(27)21-13-10-14-23(17-21)38-3)30(36)26(40-32)18-22-19-34(2)25-16-9-8-15-24(22)25/h5-19,29H,4H2,1-3H3/b26-18-/t29-/m1/s1. The van der Waals surface area contributed by atoms with Gasteiger partial charge in [0.2, 0.25) is 0 Å². The number of esters is 1. The third-order valence-corrected chi connectivity index (χ3v) is 7.98. The number of thiazole rings is 1. The number of rotatable bonds is 6. The number of carbonyl (C=O) groups excluding carboxylic acids is 1. The van der Waals surface area contributed by atoms with Gasteiger partial charge in [-0.2, -0.15) is 0 Å². The molecule has 0 spiro atoms. The van der Waals surface area contributed by atoms with Crippen LogP contribution in [0.5, 0.6) is 5.75 Å². The van der Waals surface area contributed by atoms with Gasteiger partial charge in [0.1, 0.15) is 5.75 Å². The molecule has 0 fully saturated rings. The Labute approximate surface area is 234 Å². The molecule has 40 heavy (non-hydrogen) atoms. The average Bonchev–Trinajstić information content (AvgIpc) is 3.48. The number of para-hydroxylation sites is 1. The van der Waals surface area contributed by atoms with E-state index in [1.165, 1.54) is 11.3 Å². The molecule has 0 amide bonds. The van der Waals surface area contributed by atoms with Crippen LogP contribution in [0.15, 0.2) is 100 Å². The van der Waals surface area contributed by atoms with E-state index in [0.717, 1.165) is 27.6 Å². The van der Waals surface area contributed by atoms with Crippen molar-refractivity contribution in [2.45, 2.75) is 13.0 Å². The maximum atomic E-state index is 14.1. The SMILES string of the molecule is CCOC(=O)C1=C(c2ccccc2)N=c2s/c(=C\c3cn(C)c4ccccc34)c(=O)n2[C@@H]1c1cccc(OC)c1. The number of aryl methyl sites for hydroxylation is 1. The van der Waals surface area contributed by atoms with Crippen LogP contribution in [0.4, 0.5) is 0 Å². The summed E-state index contributed by atoms with van der Waals surface area (Å²) in [7, 11) is 3.58.